The number of pyridine rings is 1. The van der Waals surface area contributed by atoms with Crippen LogP contribution in [0.5, 0.6) is 0 Å². The molecule has 1 saturated heterocycles. The van der Waals surface area contributed by atoms with Crippen molar-refractivity contribution in [3.8, 4) is 10.6 Å². The van der Waals surface area contributed by atoms with E-state index in [1.54, 1.807) is 35.9 Å². The molecule has 4 heterocycles. The standard InChI is InChI=1S/C17H17N5OS/c23-17(12-3-6-18-7-4-12)19-13-5-8-22(11-13)16-10-14(20-21-16)15-2-1-9-24-15/h1-4,6-7,9-10,13H,5,8,11H2,(H,19,23)(H,20,21). The molecule has 0 bridgehead atoms. The first-order chi connectivity index (χ1) is 11.8. The lowest BCUT2D eigenvalue weighted by Crippen LogP contribution is -2.37. The quantitative estimate of drug-likeness (QED) is 0.766. The maximum atomic E-state index is 12.2. The number of aromatic amines is 1. The number of nitrogens with zero attached hydrogens (tertiary/aromatic N) is 3. The molecule has 3 aromatic heterocycles. The Morgan fingerprint density at radius 2 is 2.21 bits per heavy atom. The first-order valence-electron chi connectivity index (χ1n) is 7.85. The summed E-state index contributed by atoms with van der Waals surface area (Å²) in [6.45, 7) is 1.65. The molecule has 1 amide bonds. The summed E-state index contributed by atoms with van der Waals surface area (Å²) in [6.07, 6.45) is 4.18. The summed E-state index contributed by atoms with van der Waals surface area (Å²) in [6, 6.07) is 9.75. The number of anilines is 1. The van der Waals surface area contributed by atoms with Crippen LogP contribution in [0.15, 0.2) is 48.1 Å². The van der Waals surface area contributed by atoms with E-state index in [0.29, 0.717) is 5.56 Å². The fourth-order valence-corrected chi connectivity index (χ4v) is 3.58. The molecule has 0 aliphatic carbocycles. The largest absolute Gasteiger partial charge is 0.353 e. The molecule has 1 fully saturated rings. The zero-order valence-electron chi connectivity index (χ0n) is 13.0. The fourth-order valence-electron chi connectivity index (χ4n) is 2.89. The zero-order chi connectivity index (χ0) is 16.4. The van der Waals surface area contributed by atoms with Crippen LogP contribution in [-0.4, -0.2) is 40.2 Å². The van der Waals surface area contributed by atoms with E-state index in [1.807, 2.05) is 6.07 Å². The van der Waals surface area contributed by atoms with E-state index in [1.165, 1.54) is 4.88 Å². The number of H-pyrrole nitrogens is 1. The van der Waals surface area contributed by atoms with Gasteiger partial charge >= 0.3 is 0 Å². The molecule has 6 nitrogen and oxygen atoms in total. The lowest BCUT2D eigenvalue weighted by Gasteiger charge is -2.16. The Labute approximate surface area is 143 Å². The van der Waals surface area contributed by atoms with Gasteiger partial charge in [0.05, 0.1) is 10.6 Å². The van der Waals surface area contributed by atoms with E-state index in [0.717, 1.165) is 31.0 Å². The van der Waals surface area contributed by atoms with Crippen LogP contribution in [0.3, 0.4) is 0 Å². The van der Waals surface area contributed by atoms with E-state index in [2.05, 4.69) is 42.9 Å². The predicted molar refractivity (Wildman–Crippen MR) is 94.2 cm³/mol. The minimum absolute atomic E-state index is 0.0504. The van der Waals surface area contributed by atoms with E-state index >= 15 is 0 Å². The normalized spacial score (nSPS) is 17.2. The number of carbonyl (C=O) groups is 1. The molecule has 4 rings (SSSR count). The molecule has 1 unspecified atom stereocenters. The number of hydrogen-bond donors (Lipinski definition) is 2. The molecule has 3 aromatic rings. The highest BCUT2D eigenvalue weighted by atomic mass is 32.1. The monoisotopic (exact) mass is 339 g/mol. The lowest BCUT2D eigenvalue weighted by atomic mass is 10.2. The summed E-state index contributed by atoms with van der Waals surface area (Å²) < 4.78 is 0. The average molecular weight is 339 g/mol. The minimum Gasteiger partial charge on any atom is -0.353 e. The molecule has 1 atom stereocenters. The Morgan fingerprint density at radius 3 is 3.00 bits per heavy atom. The smallest absolute Gasteiger partial charge is 0.251 e. The Morgan fingerprint density at radius 1 is 1.33 bits per heavy atom. The summed E-state index contributed by atoms with van der Waals surface area (Å²) in [4.78, 5) is 19.5. The summed E-state index contributed by atoms with van der Waals surface area (Å²) in [7, 11) is 0. The van der Waals surface area contributed by atoms with Crippen molar-refractivity contribution >= 4 is 23.1 Å². The van der Waals surface area contributed by atoms with Crippen LogP contribution in [-0.2, 0) is 0 Å². The van der Waals surface area contributed by atoms with Gasteiger partial charge in [0.1, 0.15) is 0 Å². The van der Waals surface area contributed by atoms with Gasteiger partial charge in [0.15, 0.2) is 5.82 Å². The third kappa shape index (κ3) is 3.03. The van der Waals surface area contributed by atoms with Crippen LogP contribution in [0.25, 0.3) is 10.6 Å². The highest BCUT2D eigenvalue weighted by Crippen LogP contribution is 2.27. The Balaban J connectivity index is 1.39. The Hall–Kier alpha value is -2.67. The molecule has 2 N–H and O–H groups in total. The van der Waals surface area contributed by atoms with E-state index in [9.17, 15) is 4.79 Å². The van der Waals surface area contributed by atoms with Crippen molar-refractivity contribution in [1.29, 1.82) is 0 Å². The van der Waals surface area contributed by atoms with Gasteiger partial charge < -0.3 is 10.2 Å². The zero-order valence-corrected chi connectivity index (χ0v) is 13.8. The molecule has 122 valence electrons. The topological polar surface area (TPSA) is 73.9 Å². The van der Waals surface area contributed by atoms with E-state index < -0.39 is 0 Å². The fraction of sp³-hybridized carbons (Fsp3) is 0.235. The molecule has 1 aliphatic rings. The number of amides is 1. The number of thiophene rings is 1. The van der Waals surface area contributed by atoms with Crippen molar-refractivity contribution in [3.05, 3.63) is 53.7 Å². The number of hydrogen-bond acceptors (Lipinski definition) is 5. The second kappa shape index (κ2) is 6.45. The van der Waals surface area contributed by atoms with Crippen molar-refractivity contribution < 1.29 is 4.79 Å². The third-order valence-corrected chi connectivity index (χ3v) is 5.04. The van der Waals surface area contributed by atoms with Crippen molar-refractivity contribution in [1.82, 2.24) is 20.5 Å². The van der Waals surface area contributed by atoms with Crippen LogP contribution in [0, 0.1) is 0 Å². The molecule has 0 aromatic carbocycles. The van der Waals surface area contributed by atoms with Crippen molar-refractivity contribution in [2.75, 3.05) is 18.0 Å². The van der Waals surface area contributed by atoms with Crippen molar-refractivity contribution in [2.45, 2.75) is 12.5 Å². The van der Waals surface area contributed by atoms with Gasteiger partial charge in [0, 0.05) is 43.2 Å². The lowest BCUT2D eigenvalue weighted by molar-refractivity contribution is 0.0940. The molecular formula is C17H17N5OS. The second-order valence-electron chi connectivity index (χ2n) is 5.76. The molecule has 1 aliphatic heterocycles. The summed E-state index contributed by atoms with van der Waals surface area (Å²) >= 11 is 1.69. The van der Waals surface area contributed by atoms with Crippen LogP contribution in [0.2, 0.25) is 0 Å². The first-order valence-corrected chi connectivity index (χ1v) is 8.73. The third-order valence-electron chi connectivity index (χ3n) is 4.14. The van der Waals surface area contributed by atoms with E-state index in [-0.39, 0.29) is 11.9 Å². The van der Waals surface area contributed by atoms with Gasteiger partial charge in [-0.15, -0.1) is 11.3 Å². The van der Waals surface area contributed by atoms with Gasteiger partial charge in [0.25, 0.3) is 5.91 Å². The van der Waals surface area contributed by atoms with Gasteiger partial charge in [-0.1, -0.05) is 6.07 Å². The van der Waals surface area contributed by atoms with Gasteiger partial charge in [-0.2, -0.15) is 5.10 Å². The summed E-state index contributed by atoms with van der Waals surface area (Å²) in [5.74, 6) is 0.879. The maximum Gasteiger partial charge on any atom is 0.251 e. The number of carbonyl (C=O) groups excluding carboxylic acids is 1. The molecule has 0 radical (unpaired) electrons. The highest BCUT2D eigenvalue weighted by molar-refractivity contribution is 7.13. The molecule has 24 heavy (non-hydrogen) atoms. The predicted octanol–water partition coefficient (Wildman–Crippen LogP) is 2.54. The molecule has 7 heteroatoms. The number of nitrogens with one attached hydrogen (secondary N) is 2. The van der Waals surface area contributed by atoms with Crippen LogP contribution in [0.1, 0.15) is 16.8 Å². The number of aromatic nitrogens is 3. The summed E-state index contributed by atoms with van der Waals surface area (Å²) in [5.41, 5.74) is 1.67. The SMILES string of the molecule is O=C(NC1CCN(c2cc(-c3cccs3)[nH]n2)C1)c1ccncc1. The minimum atomic E-state index is -0.0504. The van der Waals surface area contributed by atoms with Crippen LogP contribution < -0.4 is 10.2 Å². The van der Waals surface area contributed by atoms with E-state index in [4.69, 9.17) is 0 Å². The second-order valence-corrected chi connectivity index (χ2v) is 6.71. The Bertz CT molecular complexity index is 815. The molecular weight excluding hydrogens is 322 g/mol. The van der Waals surface area contributed by atoms with Crippen LogP contribution >= 0.6 is 11.3 Å². The number of rotatable bonds is 4. The van der Waals surface area contributed by atoms with Gasteiger partial charge in [0.2, 0.25) is 0 Å². The molecule has 0 saturated carbocycles. The molecule has 0 spiro atoms. The van der Waals surface area contributed by atoms with Gasteiger partial charge in [-0.25, -0.2) is 0 Å². The van der Waals surface area contributed by atoms with Crippen LogP contribution in [0.4, 0.5) is 5.82 Å². The highest BCUT2D eigenvalue weighted by Gasteiger charge is 2.26. The van der Waals surface area contributed by atoms with Gasteiger partial charge in [-0.3, -0.25) is 14.9 Å². The Kier molecular flexibility index (Phi) is 4.00. The summed E-state index contributed by atoms with van der Waals surface area (Å²) in [5, 5.41) is 12.6. The van der Waals surface area contributed by atoms with Crippen molar-refractivity contribution in [2.24, 2.45) is 0 Å². The van der Waals surface area contributed by atoms with Crippen molar-refractivity contribution in [3.63, 3.8) is 0 Å². The average Bonchev–Trinajstić information content (AvgIpc) is 3.36. The van der Waals surface area contributed by atoms with Gasteiger partial charge in [-0.05, 0) is 30.0 Å². The first kappa shape index (κ1) is 14.9. The maximum absolute atomic E-state index is 12.2.